The summed E-state index contributed by atoms with van der Waals surface area (Å²) in [7, 11) is -3.53. The first-order chi connectivity index (χ1) is 12.6. The van der Waals surface area contributed by atoms with Crippen LogP contribution in [0.4, 0.5) is 11.4 Å². The Morgan fingerprint density at radius 1 is 0.963 bits per heavy atom. The summed E-state index contributed by atoms with van der Waals surface area (Å²) >= 11 is 0. The molecule has 0 aliphatic rings. The molecule has 0 atom stereocenters. The molecule has 27 heavy (non-hydrogen) atoms. The van der Waals surface area contributed by atoms with Gasteiger partial charge in [0.1, 0.15) is 0 Å². The molecule has 0 aromatic heterocycles. The first-order valence-corrected chi connectivity index (χ1v) is 10.3. The Balaban J connectivity index is 2.36. The Kier molecular flexibility index (Phi) is 6.22. The van der Waals surface area contributed by atoms with E-state index in [0.717, 1.165) is 17.4 Å². The van der Waals surface area contributed by atoms with Crippen LogP contribution in [0.1, 0.15) is 38.8 Å². The normalized spacial score (nSPS) is 11.0. The number of aryl methyl sites for hydroxylation is 2. The Bertz CT molecular complexity index is 984. The molecular formula is C19H23N3O4S. The number of amides is 2. The van der Waals surface area contributed by atoms with Gasteiger partial charge in [-0.05, 0) is 50.6 Å². The van der Waals surface area contributed by atoms with Crippen LogP contribution in [0, 0.1) is 13.8 Å². The summed E-state index contributed by atoms with van der Waals surface area (Å²) < 4.78 is 25.5. The van der Waals surface area contributed by atoms with Crippen molar-refractivity contribution in [1.29, 1.82) is 0 Å². The fourth-order valence-electron chi connectivity index (χ4n) is 2.48. The van der Waals surface area contributed by atoms with Crippen LogP contribution >= 0.6 is 0 Å². The number of carbonyl (C=O) groups excluding carboxylic acids is 2. The van der Waals surface area contributed by atoms with E-state index < -0.39 is 15.9 Å². The van der Waals surface area contributed by atoms with Crippen LogP contribution in [0.2, 0.25) is 0 Å². The van der Waals surface area contributed by atoms with E-state index in [9.17, 15) is 18.0 Å². The van der Waals surface area contributed by atoms with Crippen molar-refractivity contribution >= 4 is 33.2 Å². The minimum absolute atomic E-state index is 0.193. The molecule has 0 bridgehead atoms. The van der Waals surface area contributed by atoms with Crippen molar-refractivity contribution in [1.82, 2.24) is 5.32 Å². The number of nitrogens with one attached hydrogen (secondary N) is 3. The second-order valence-corrected chi connectivity index (χ2v) is 8.01. The molecule has 0 saturated heterocycles. The fourth-order valence-corrected chi connectivity index (χ4v) is 3.06. The van der Waals surface area contributed by atoms with Crippen LogP contribution in [-0.2, 0) is 10.0 Å². The maximum atomic E-state index is 12.8. The highest BCUT2D eigenvalue weighted by atomic mass is 32.2. The second-order valence-electron chi connectivity index (χ2n) is 6.27. The van der Waals surface area contributed by atoms with Gasteiger partial charge in [-0.25, -0.2) is 8.42 Å². The van der Waals surface area contributed by atoms with Gasteiger partial charge in [-0.1, -0.05) is 17.7 Å². The first-order valence-electron chi connectivity index (χ1n) is 8.39. The third-order valence-electron chi connectivity index (χ3n) is 3.80. The number of hydrogen-bond donors (Lipinski definition) is 3. The molecule has 2 rings (SSSR count). The van der Waals surface area contributed by atoms with E-state index in [-0.39, 0.29) is 17.2 Å². The molecular weight excluding hydrogens is 366 g/mol. The van der Waals surface area contributed by atoms with Crippen LogP contribution in [0.3, 0.4) is 0 Å². The maximum Gasteiger partial charge on any atom is 0.257 e. The summed E-state index contributed by atoms with van der Waals surface area (Å²) in [6, 6.07) is 9.88. The number of anilines is 2. The van der Waals surface area contributed by atoms with Crippen molar-refractivity contribution in [3.63, 3.8) is 0 Å². The Labute approximate surface area is 159 Å². The number of carbonyl (C=O) groups is 2. The van der Waals surface area contributed by atoms with Gasteiger partial charge in [-0.3, -0.25) is 14.3 Å². The molecule has 0 saturated carbocycles. The molecule has 7 nitrogen and oxygen atoms in total. The number of sulfonamides is 1. The minimum Gasteiger partial charge on any atom is -0.352 e. The summed E-state index contributed by atoms with van der Waals surface area (Å²) in [5.74, 6) is -0.705. The number of rotatable bonds is 6. The lowest BCUT2D eigenvalue weighted by atomic mass is 10.1. The number of hydrogen-bond acceptors (Lipinski definition) is 4. The summed E-state index contributed by atoms with van der Waals surface area (Å²) in [5, 5.41) is 5.47. The predicted molar refractivity (Wildman–Crippen MR) is 107 cm³/mol. The van der Waals surface area contributed by atoms with E-state index in [2.05, 4.69) is 15.4 Å². The third-order valence-corrected chi connectivity index (χ3v) is 4.39. The van der Waals surface area contributed by atoms with E-state index in [1.54, 1.807) is 36.4 Å². The van der Waals surface area contributed by atoms with Gasteiger partial charge >= 0.3 is 0 Å². The monoisotopic (exact) mass is 389 g/mol. The van der Waals surface area contributed by atoms with Crippen LogP contribution in [0.5, 0.6) is 0 Å². The molecule has 0 aliphatic heterocycles. The maximum absolute atomic E-state index is 12.8. The van der Waals surface area contributed by atoms with E-state index in [4.69, 9.17) is 0 Å². The van der Waals surface area contributed by atoms with Gasteiger partial charge in [0.05, 0.1) is 17.5 Å². The van der Waals surface area contributed by atoms with Crippen molar-refractivity contribution in [3.8, 4) is 0 Å². The fraction of sp³-hybridized carbons (Fsp3) is 0.263. The molecule has 8 heteroatoms. The highest BCUT2D eigenvalue weighted by molar-refractivity contribution is 7.92. The topological polar surface area (TPSA) is 104 Å². The van der Waals surface area contributed by atoms with Crippen LogP contribution < -0.4 is 15.4 Å². The highest BCUT2D eigenvalue weighted by Crippen LogP contribution is 2.22. The lowest BCUT2D eigenvalue weighted by molar-refractivity contribution is 0.0954. The van der Waals surface area contributed by atoms with Crippen LogP contribution in [-0.4, -0.2) is 33.0 Å². The van der Waals surface area contributed by atoms with Gasteiger partial charge in [0.15, 0.2) is 0 Å². The zero-order valence-electron chi connectivity index (χ0n) is 15.7. The molecule has 0 unspecified atom stereocenters. The third kappa shape index (κ3) is 5.55. The molecule has 0 spiro atoms. The SMILES string of the molecule is CCNC(=O)c1ccc(C)c(NC(=O)c2cc(C)ccc2NS(C)(=O)=O)c1. The predicted octanol–water partition coefficient (Wildman–Crippen LogP) is 2.68. The molecule has 3 N–H and O–H groups in total. The summed E-state index contributed by atoms with van der Waals surface area (Å²) in [6.07, 6.45) is 1.02. The highest BCUT2D eigenvalue weighted by Gasteiger charge is 2.16. The van der Waals surface area contributed by atoms with Gasteiger partial charge < -0.3 is 10.6 Å². The zero-order chi connectivity index (χ0) is 20.2. The molecule has 0 heterocycles. The standard InChI is InChI=1S/C19H23N3O4S/c1-5-20-18(23)14-8-7-13(3)17(11-14)21-19(24)15-10-12(2)6-9-16(15)22-27(4,25)26/h6-11,22H,5H2,1-4H3,(H,20,23)(H,21,24). The van der Waals surface area contributed by atoms with Gasteiger partial charge in [-0.15, -0.1) is 0 Å². The Morgan fingerprint density at radius 3 is 2.30 bits per heavy atom. The lowest BCUT2D eigenvalue weighted by Gasteiger charge is -2.14. The Morgan fingerprint density at radius 2 is 1.67 bits per heavy atom. The summed E-state index contributed by atoms with van der Waals surface area (Å²) in [5.41, 5.74) is 2.89. The van der Waals surface area contributed by atoms with Crippen LogP contribution in [0.15, 0.2) is 36.4 Å². The van der Waals surface area contributed by atoms with Gasteiger partial charge in [0.2, 0.25) is 10.0 Å². The molecule has 2 aromatic rings. The van der Waals surface area contributed by atoms with Crippen molar-refractivity contribution in [3.05, 3.63) is 58.7 Å². The van der Waals surface area contributed by atoms with Gasteiger partial charge in [0.25, 0.3) is 11.8 Å². The average Bonchev–Trinajstić information content (AvgIpc) is 2.57. The van der Waals surface area contributed by atoms with Crippen molar-refractivity contribution < 1.29 is 18.0 Å². The molecule has 2 amide bonds. The van der Waals surface area contributed by atoms with Crippen molar-refractivity contribution in [2.24, 2.45) is 0 Å². The molecule has 0 radical (unpaired) electrons. The zero-order valence-corrected chi connectivity index (χ0v) is 16.5. The van der Waals surface area contributed by atoms with Gasteiger partial charge in [-0.2, -0.15) is 0 Å². The second kappa shape index (κ2) is 8.22. The molecule has 0 aliphatic carbocycles. The number of benzene rings is 2. The van der Waals surface area contributed by atoms with Gasteiger partial charge in [0, 0.05) is 17.8 Å². The first kappa shape index (κ1) is 20.4. The molecule has 144 valence electrons. The van der Waals surface area contributed by atoms with Crippen LogP contribution in [0.25, 0.3) is 0 Å². The lowest BCUT2D eigenvalue weighted by Crippen LogP contribution is -2.23. The van der Waals surface area contributed by atoms with Crippen molar-refractivity contribution in [2.45, 2.75) is 20.8 Å². The molecule has 2 aromatic carbocycles. The summed E-state index contributed by atoms with van der Waals surface area (Å²) in [4.78, 5) is 24.8. The Hall–Kier alpha value is -2.87. The van der Waals surface area contributed by atoms with E-state index in [0.29, 0.717) is 17.8 Å². The smallest absolute Gasteiger partial charge is 0.257 e. The van der Waals surface area contributed by atoms with E-state index >= 15 is 0 Å². The van der Waals surface area contributed by atoms with E-state index in [1.807, 2.05) is 20.8 Å². The largest absolute Gasteiger partial charge is 0.352 e. The molecule has 0 fully saturated rings. The van der Waals surface area contributed by atoms with E-state index in [1.165, 1.54) is 0 Å². The quantitative estimate of drug-likeness (QED) is 0.706. The van der Waals surface area contributed by atoms with Crippen molar-refractivity contribution in [2.75, 3.05) is 22.8 Å². The minimum atomic E-state index is -3.53. The average molecular weight is 389 g/mol. The summed E-state index contributed by atoms with van der Waals surface area (Å²) in [6.45, 7) is 5.94.